The number of benzene rings is 1. The van der Waals surface area contributed by atoms with E-state index in [1.807, 2.05) is 29.2 Å². The number of fused-ring (bicyclic) bond motifs is 2. The van der Waals surface area contributed by atoms with Crippen molar-refractivity contribution >= 4 is 22.4 Å². The smallest absolute Gasteiger partial charge is 0.165 e. The molecule has 0 unspecified atom stereocenters. The third-order valence-electron chi connectivity index (χ3n) is 5.13. The molecule has 0 bridgehead atoms. The molecule has 3 aromatic heterocycles. The summed E-state index contributed by atoms with van der Waals surface area (Å²) in [5, 5.41) is 5.79. The molecule has 130 valence electrons. The predicted octanol–water partition coefficient (Wildman–Crippen LogP) is 2.70. The van der Waals surface area contributed by atoms with Crippen molar-refractivity contribution in [2.24, 2.45) is 0 Å². The molecule has 4 heterocycles. The van der Waals surface area contributed by atoms with E-state index < -0.39 is 0 Å². The number of hydrogen-bond acceptors (Lipinski definition) is 5. The maximum Gasteiger partial charge on any atom is 0.165 e. The van der Waals surface area contributed by atoms with Crippen molar-refractivity contribution in [2.45, 2.75) is 0 Å². The van der Waals surface area contributed by atoms with Crippen LogP contribution in [-0.2, 0) is 0 Å². The number of piperazine rings is 1. The maximum atomic E-state index is 4.67. The van der Waals surface area contributed by atoms with Crippen molar-refractivity contribution in [3.05, 3.63) is 55.0 Å². The number of hydrogen-bond donors (Lipinski definition) is 0. The van der Waals surface area contributed by atoms with Gasteiger partial charge in [-0.15, -0.1) is 0 Å². The van der Waals surface area contributed by atoms with Crippen LogP contribution in [-0.4, -0.2) is 57.7 Å². The Balaban J connectivity index is 1.65. The zero-order chi connectivity index (χ0) is 17.5. The van der Waals surface area contributed by atoms with Crippen molar-refractivity contribution in [1.82, 2.24) is 24.5 Å². The molecule has 26 heavy (non-hydrogen) atoms. The average Bonchev–Trinajstić information content (AvgIpc) is 3.12. The van der Waals surface area contributed by atoms with Gasteiger partial charge in [-0.3, -0.25) is 4.98 Å². The number of para-hydroxylation sites is 1. The molecule has 0 aliphatic carbocycles. The van der Waals surface area contributed by atoms with E-state index in [9.17, 15) is 0 Å². The highest BCUT2D eigenvalue weighted by Crippen LogP contribution is 2.31. The first-order chi connectivity index (χ1) is 12.8. The molecule has 0 saturated carbocycles. The van der Waals surface area contributed by atoms with Gasteiger partial charge in [0.05, 0.1) is 11.7 Å². The van der Waals surface area contributed by atoms with Gasteiger partial charge >= 0.3 is 0 Å². The normalized spacial score (nSPS) is 15.8. The van der Waals surface area contributed by atoms with Gasteiger partial charge < -0.3 is 9.80 Å². The highest BCUT2D eigenvalue weighted by Gasteiger charge is 2.19. The molecule has 0 spiro atoms. The van der Waals surface area contributed by atoms with Crippen LogP contribution in [0.3, 0.4) is 0 Å². The van der Waals surface area contributed by atoms with E-state index in [0.717, 1.165) is 59.7 Å². The maximum absolute atomic E-state index is 4.67. The second-order valence-electron chi connectivity index (χ2n) is 6.77. The molecule has 6 nitrogen and oxygen atoms in total. The van der Waals surface area contributed by atoms with E-state index in [-0.39, 0.29) is 0 Å². The Bertz CT molecular complexity index is 1070. The lowest BCUT2D eigenvalue weighted by atomic mass is 10.0. The van der Waals surface area contributed by atoms with E-state index in [1.54, 1.807) is 0 Å². The molecular weight excluding hydrogens is 324 g/mol. The van der Waals surface area contributed by atoms with Gasteiger partial charge in [0.2, 0.25) is 0 Å². The summed E-state index contributed by atoms with van der Waals surface area (Å²) < 4.78 is 1.96. The van der Waals surface area contributed by atoms with Gasteiger partial charge in [0, 0.05) is 55.1 Å². The highest BCUT2D eigenvalue weighted by molar-refractivity contribution is 5.96. The van der Waals surface area contributed by atoms with Gasteiger partial charge in [-0.25, -0.2) is 4.98 Å². The number of nitrogens with zero attached hydrogens (tertiary/aromatic N) is 6. The second-order valence-corrected chi connectivity index (χ2v) is 6.77. The fraction of sp³-hybridized carbons (Fsp3) is 0.250. The molecular formula is C20H20N6. The standard InChI is InChI=1S/C20H20N6/c1-24-10-12-25(13-11-24)18-7-9-22-20-17(14-23-26(18)20)16-6-2-4-15-5-3-8-21-19(15)16/h2-9,14H,10-13H2,1H3. The summed E-state index contributed by atoms with van der Waals surface area (Å²) in [7, 11) is 2.17. The number of pyridine rings is 1. The van der Waals surface area contributed by atoms with Crippen molar-refractivity contribution in [1.29, 1.82) is 0 Å². The van der Waals surface area contributed by atoms with Crippen molar-refractivity contribution in [3.8, 4) is 11.1 Å². The monoisotopic (exact) mass is 344 g/mol. The van der Waals surface area contributed by atoms with E-state index in [4.69, 9.17) is 0 Å². The molecule has 0 amide bonds. The van der Waals surface area contributed by atoms with Crippen LogP contribution in [0, 0.1) is 0 Å². The minimum Gasteiger partial charge on any atom is -0.354 e. The van der Waals surface area contributed by atoms with Crippen LogP contribution in [0.15, 0.2) is 55.0 Å². The van der Waals surface area contributed by atoms with Crippen LogP contribution in [0.4, 0.5) is 5.82 Å². The first-order valence-electron chi connectivity index (χ1n) is 8.91. The van der Waals surface area contributed by atoms with Crippen LogP contribution >= 0.6 is 0 Å². The summed E-state index contributed by atoms with van der Waals surface area (Å²) in [5.41, 5.74) is 3.95. The van der Waals surface area contributed by atoms with Crippen molar-refractivity contribution < 1.29 is 0 Å². The van der Waals surface area contributed by atoms with E-state index >= 15 is 0 Å². The van der Waals surface area contributed by atoms with Crippen molar-refractivity contribution in [2.75, 3.05) is 38.1 Å². The number of rotatable bonds is 2. The molecule has 0 atom stereocenters. The Labute approximate surface area is 151 Å². The number of aromatic nitrogens is 4. The molecule has 1 fully saturated rings. The minimum absolute atomic E-state index is 0.875. The molecule has 5 rings (SSSR count). The topological polar surface area (TPSA) is 49.6 Å². The lowest BCUT2D eigenvalue weighted by Crippen LogP contribution is -2.45. The van der Waals surface area contributed by atoms with Gasteiger partial charge in [-0.05, 0) is 19.2 Å². The average molecular weight is 344 g/mol. The molecule has 1 aliphatic rings. The molecule has 1 aromatic carbocycles. The van der Waals surface area contributed by atoms with Crippen LogP contribution in [0.5, 0.6) is 0 Å². The molecule has 4 aromatic rings. The molecule has 1 aliphatic heterocycles. The van der Waals surface area contributed by atoms with Crippen LogP contribution in [0.2, 0.25) is 0 Å². The van der Waals surface area contributed by atoms with E-state index in [2.05, 4.69) is 62.2 Å². The van der Waals surface area contributed by atoms with E-state index in [0.29, 0.717) is 0 Å². The summed E-state index contributed by atoms with van der Waals surface area (Å²) >= 11 is 0. The van der Waals surface area contributed by atoms with Crippen LogP contribution in [0.1, 0.15) is 0 Å². The Morgan fingerprint density at radius 1 is 0.846 bits per heavy atom. The molecule has 1 saturated heterocycles. The largest absolute Gasteiger partial charge is 0.354 e. The Hall–Kier alpha value is -2.99. The van der Waals surface area contributed by atoms with Gasteiger partial charge in [0.15, 0.2) is 5.65 Å². The third-order valence-corrected chi connectivity index (χ3v) is 5.13. The first-order valence-corrected chi connectivity index (χ1v) is 8.91. The summed E-state index contributed by atoms with van der Waals surface area (Å²) in [6, 6.07) is 12.3. The van der Waals surface area contributed by atoms with Gasteiger partial charge in [-0.1, -0.05) is 24.3 Å². The molecule has 0 radical (unpaired) electrons. The first kappa shape index (κ1) is 15.3. The summed E-state index contributed by atoms with van der Waals surface area (Å²) in [6.45, 7) is 4.12. The third kappa shape index (κ3) is 2.42. The lowest BCUT2D eigenvalue weighted by molar-refractivity contribution is 0.311. The summed E-state index contributed by atoms with van der Waals surface area (Å²) in [5.74, 6) is 1.10. The summed E-state index contributed by atoms with van der Waals surface area (Å²) in [6.07, 6.45) is 5.62. The fourth-order valence-corrected chi connectivity index (χ4v) is 3.67. The SMILES string of the molecule is CN1CCN(c2ccnc3c(-c4cccc5cccnc45)cnn23)CC1. The van der Waals surface area contributed by atoms with Crippen LogP contribution in [0.25, 0.3) is 27.7 Å². The minimum atomic E-state index is 0.875. The van der Waals surface area contributed by atoms with Gasteiger partial charge in [0.1, 0.15) is 5.82 Å². The number of likely N-dealkylation sites (N-methyl/N-ethyl adjacent to an activating group) is 1. The fourth-order valence-electron chi connectivity index (χ4n) is 3.67. The van der Waals surface area contributed by atoms with E-state index in [1.165, 1.54) is 0 Å². The van der Waals surface area contributed by atoms with Gasteiger partial charge in [-0.2, -0.15) is 9.61 Å². The van der Waals surface area contributed by atoms with Crippen LogP contribution < -0.4 is 4.90 Å². The predicted molar refractivity (Wildman–Crippen MR) is 103 cm³/mol. The van der Waals surface area contributed by atoms with Gasteiger partial charge in [0.25, 0.3) is 0 Å². The Morgan fingerprint density at radius 2 is 1.69 bits per heavy atom. The molecule has 6 heteroatoms. The molecule has 0 N–H and O–H groups in total. The second kappa shape index (κ2) is 6.07. The lowest BCUT2D eigenvalue weighted by Gasteiger charge is -2.33. The highest BCUT2D eigenvalue weighted by atomic mass is 15.4. The Kier molecular flexibility index (Phi) is 3.57. The zero-order valence-corrected chi connectivity index (χ0v) is 14.7. The Morgan fingerprint density at radius 3 is 2.58 bits per heavy atom. The quantitative estimate of drug-likeness (QED) is 0.560. The van der Waals surface area contributed by atoms with Crippen molar-refractivity contribution in [3.63, 3.8) is 0 Å². The summed E-state index contributed by atoms with van der Waals surface area (Å²) in [4.78, 5) is 13.9. The zero-order valence-electron chi connectivity index (χ0n) is 14.7. The number of anilines is 1.